The minimum atomic E-state index is -0.494. The molecule has 0 aliphatic carbocycles. The van der Waals surface area contributed by atoms with E-state index in [9.17, 15) is 4.79 Å². The van der Waals surface area contributed by atoms with Crippen molar-refractivity contribution in [2.75, 3.05) is 7.11 Å². The monoisotopic (exact) mass is 518 g/mol. The number of hydrazone groups is 1. The maximum absolute atomic E-state index is 12.4. The summed E-state index contributed by atoms with van der Waals surface area (Å²) in [4.78, 5) is 12.4. The molecule has 0 aliphatic rings. The first-order valence-corrected chi connectivity index (χ1v) is 11.8. The minimum Gasteiger partial charge on any atom is -0.493 e. The molecule has 0 fully saturated rings. The van der Waals surface area contributed by atoms with E-state index in [0.717, 1.165) is 21.7 Å². The summed E-state index contributed by atoms with van der Waals surface area (Å²) in [7, 11) is 1.53. The van der Waals surface area contributed by atoms with Crippen LogP contribution < -0.4 is 14.9 Å². The number of halogens is 2. The van der Waals surface area contributed by atoms with E-state index < -0.39 is 5.91 Å². The fourth-order valence-electron chi connectivity index (χ4n) is 3.79. The second kappa shape index (κ2) is 10.3. The number of hydrogen-bond acceptors (Lipinski definition) is 5. The van der Waals surface area contributed by atoms with Crippen LogP contribution in [0.3, 0.4) is 0 Å². The van der Waals surface area contributed by atoms with Crippen molar-refractivity contribution in [2.45, 2.75) is 6.61 Å². The number of rotatable bonds is 7. The molecule has 5 aromatic rings. The first-order chi connectivity index (χ1) is 17.5. The molecule has 36 heavy (non-hydrogen) atoms. The SMILES string of the molecule is COc1cc(/C=N/NC(=O)c2cc3cc(Cl)ccc3o2)cc(Cl)c1OCc1ccc2ccccc2c1. The summed E-state index contributed by atoms with van der Waals surface area (Å²) >= 11 is 12.5. The fraction of sp³-hybridized carbons (Fsp3) is 0.0714. The lowest BCUT2D eigenvalue weighted by Crippen LogP contribution is -2.16. The first kappa shape index (κ1) is 23.7. The number of methoxy groups -OCH3 is 1. The van der Waals surface area contributed by atoms with E-state index in [1.807, 2.05) is 18.2 Å². The smallest absolute Gasteiger partial charge is 0.307 e. The van der Waals surface area contributed by atoms with Crippen molar-refractivity contribution < 1.29 is 18.7 Å². The van der Waals surface area contributed by atoms with E-state index in [1.54, 1.807) is 36.4 Å². The van der Waals surface area contributed by atoms with Crippen LogP contribution in [0.25, 0.3) is 21.7 Å². The van der Waals surface area contributed by atoms with Crippen LogP contribution in [0.1, 0.15) is 21.7 Å². The third kappa shape index (κ3) is 5.15. The van der Waals surface area contributed by atoms with Gasteiger partial charge in [-0.15, -0.1) is 0 Å². The predicted molar refractivity (Wildman–Crippen MR) is 143 cm³/mol. The Balaban J connectivity index is 1.27. The van der Waals surface area contributed by atoms with Crippen molar-refractivity contribution in [3.05, 3.63) is 106 Å². The average molecular weight is 519 g/mol. The largest absolute Gasteiger partial charge is 0.493 e. The van der Waals surface area contributed by atoms with Gasteiger partial charge in [0.15, 0.2) is 17.3 Å². The van der Waals surface area contributed by atoms with Crippen molar-refractivity contribution in [1.29, 1.82) is 0 Å². The van der Waals surface area contributed by atoms with Gasteiger partial charge in [0.25, 0.3) is 0 Å². The molecule has 0 unspecified atom stereocenters. The van der Waals surface area contributed by atoms with Crippen LogP contribution in [0.4, 0.5) is 0 Å². The van der Waals surface area contributed by atoms with Crippen LogP contribution in [0.15, 0.2) is 88.4 Å². The van der Waals surface area contributed by atoms with Crippen molar-refractivity contribution in [1.82, 2.24) is 5.43 Å². The molecule has 0 radical (unpaired) electrons. The van der Waals surface area contributed by atoms with E-state index in [4.69, 9.17) is 37.1 Å². The van der Waals surface area contributed by atoms with Crippen LogP contribution in [0.2, 0.25) is 10.0 Å². The second-order valence-electron chi connectivity index (χ2n) is 8.00. The lowest BCUT2D eigenvalue weighted by atomic mass is 10.1. The summed E-state index contributed by atoms with van der Waals surface area (Å²) in [5.41, 5.74) is 4.63. The number of ether oxygens (including phenoxy) is 2. The third-order valence-corrected chi connectivity index (χ3v) is 6.05. The number of benzene rings is 4. The molecule has 1 N–H and O–H groups in total. The van der Waals surface area contributed by atoms with Gasteiger partial charge in [0, 0.05) is 10.4 Å². The molecule has 1 amide bonds. The van der Waals surface area contributed by atoms with Crippen LogP contribution in [-0.4, -0.2) is 19.2 Å². The Bertz CT molecular complexity index is 1610. The molecular formula is C28H20Cl2N2O4. The minimum absolute atomic E-state index is 0.123. The molecule has 8 heteroatoms. The number of amides is 1. The molecule has 0 saturated heterocycles. The lowest BCUT2D eigenvalue weighted by Gasteiger charge is -2.13. The van der Waals surface area contributed by atoms with Gasteiger partial charge in [-0.3, -0.25) is 4.79 Å². The van der Waals surface area contributed by atoms with Gasteiger partial charge >= 0.3 is 5.91 Å². The van der Waals surface area contributed by atoms with Gasteiger partial charge in [0.1, 0.15) is 12.2 Å². The second-order valence-corrected chi connectivity index (χ2v) is 8.84. The van der Waals surface area contributed by atoms with Crippen LogP contribution in [-0.2, 0) is 6.61 Å². The molecule has 6 nitrogen and oxygen atoms in total. The molecule has 5 rings (SSSR count). The van der Waals surface area contributed by atoms with Gasteiger partial charge in [0.2, 0.25) is 0 Å². The third-order valence-electron chi connectivity index (χ3n) is 5.53. The van der Waals surface area contributed by atoms with Crippen molar-refractivity contribution in [3.63, 3.8) is 0 Å². The fourth-order valence-corrected chi connectivity index (χ4v) is 4.24. The summed E-state index contributed by atoms with van der Waals surface area (Å²) in [6, 6.07) is 24.4. The molecule has 0 atom stereocenters. The van der Waals surface area contributed by atoms with Gasteiger partial charge in [-0.25, -0.2) is 5.43 Å². The summed E-state index contributed by atoms with van der Waals surface area (Å²) < 4.78 is 17.0. The Hall–Kier alpha value is -4.00. The molecule has 0 aliphatic heterocycles. The number of carbonyl (C=O) groups excluding carboxylic acids is 1. The van der Waals surface area contributed by atoms with Gasteiger partial charge in [-0.05, 0) is 64.4 Å². The Morgan fingerprint density at radius 2 is 1.81 bits per heavy atom. The number of carbonyl (C=O) groups is 1. The maximum Gasteiger partial charge on any atom is 0.307 e. The molecule has 0 spiro atoms. The molecule has 0 bridgehead atoms. The van der Waals surface area contributed by atoms with Crippen molar-refractivity contribution >= 4 is 57.1 Å². The highest BCUT2D eigenvalue weighted by atomic mass is 35.5. The summed E-state index contributed by atoms with van der Waals surface area (Å²) in [5.74, 6) is 0.504. The topological polar surface area (TPSA) is 73.1 Å². The van der Waals surface area contributed by atoms with E-state index >= 15 is 0 Å². The number of hydrogen-bond donors (Lipinski definition) is 1. The number of fused-ring (bicyclic) bond motifs is 2. The summed E-state index contributed by atoms with van der Waals surface area (Å²) in [6.45, 7) is 0.327. The molecule has 0 saturated carbocycles. The quantitative estimate of drug-likeness (QED) is 0.182. The lowest BCUT2D eigenvalue weighted by molar-refractivity contribution is 0.0929. The number of nitrogens with zero attached hydrogens (tertiary/aromatic N) is 1. The van der Waals surface area contributed by atoms with Crippen LogP contribution in [0.5, 0.6) is 11.5 Å². The first-order valence-electron chi connectivity index (χ1n) is 11.0. The predicted octanol–water partition coefficient (Wildman–Crippen LogP) is 7.24. The van der Waals surface area contributed by atoms with Crippen molar-refractivity contribution in [2.24, 2.45) is 5.10 Å². The molecule has 180 valence electrons. The molecule has 4 aromatic carbocycles. The Morgan fingerprint density at radius 3 is 2.64 bits per heavy atom. The van der Waals surface area contributed by atoms with Crippen LogP contribution >= 0.6 is 23.2 Å². The number of furan rings is 1. The van der Waals surface area contributed by atoms with E-state index in [-0.39, 0.29) is 5.76 Å². The Kier molecular flexibility index (Phi) is 6.80. The van der Waals surface area contributed by atoms with Gasteiger partial charge in [-0.1, -0.05) is 59.6 Å². The zero-order valence-corrected chi connectivity index (χ0v) is 20.6. The normalized spacial score (nSPS) is 11.3. The highest BCUT2D eigenvalue weighted by Crippen LogP contribution is 2.36. The summed E-state index contributed by atoms with van der Waals surface area (Å²) in [6.07, 6.45) is 1.46. The Labute approximate surface area is 217 Å². The van der Waals surface area contributed by atoms with E-state index in [0.29, 0.717) is 39.3 Å². The molecule has 1 heterocycles. The highest BCUT2D eigenvalue weighted by Gasteiger charge is 2.14. The van der Waals surface area contributed by atoms with Gasteiger partial charge in [-0.2, -0.15) is 5.10 Å². The zero-order chi connectivity index (χ0) is 25.1. The maximum atomic E-state index is 12.4. The zero-order valence-electron chi connectivity index (χ0n) is 19.1. The van der Waals surface area contributed by atoms with E-state index in [2.05, 4.69) is 34.8 Å². The standard InChI is InChI=1S/C28H20Cl2N2O4/c1-34-25-12-18(15-31-32-28(33)26-14-21-13-22(29)8-9-24(21)36-26)11-23(30)27(25)35-16-17-6-7-19-4-2-3-5-20(19)10-17/h2-15H,16H2,1H3,(H,32,33)/b31-15+. The highest BCUT2D eigenvalue weighted by molar-refractivity contribution is 6.32. The number of nitrogens with one attached hydrogen (secondary N) is 1. The van der Waals surface area contributed by atoms with E-state index in [1.165, 1.54) is 13.3 Å². The van der Waals surface area contributed by atoms with Crippen LogP contribution in [0, 0.1) is 0 Å². The Morgan fingerprint density at radius 1 is 0.972 bits per heavy atom. The van der Waals surface area contributed by atoms with Gasteiger partial charge < -0.3 is 13.9 Å². The molecule has 1 aromatic heterocycles. The van der Waals surface area contributed by atoms with Gasteiger partial charge in [0.05, 0.1) is 18.3 Å². The summed E-state index contributed by atoms with van der Waals surface area (Å²) in [5, 5.41) is 7.96. The molecular weight excluding hydrogens is 499 g/mol. The van der Waals surface area contributed by atoms with Crippen molar-refractivity contribution in [3.8, 4) is 11.5 Å². The average Bonchev–Trinajstić information content (AvgIpc) is 3.31.